The normalized spacial score (nSPS) is 10.1. The van der Waals surface area contributed by atoms with Crippen LogP contribution in [0.25, 0.3) is 0 Å². The van der Waals surface area contributed by atoms with Gasteiger partial charge in [0, 0.05) is 16.4 Å². The van der Waals surface area contributed by atoms with E-state index in [-0.39, 0.29) is 18.4 Å². The second-order valence-corrected chi connectivity index (χ2v) is 5.57. The molecular formula is C18H19ClN2O3. The fourth-order valence-electron chi connectivity index (χ4n) is 1.99. The van der Waals surface area contributed by atoms with E-state index in [1.165, 1.54) is 0 Å². The van der Waals surface area contributed by atoms with Gasteiger partial charge >= 0.3 is 5.97 Å². The number of carbonyl (C=O) groups excluding carboxylic acids is 2. The van der Waals surface area contributed by atoms with Crippen molar-refractivity contribution in [1.29, 1.82) is 0 Å². The van der Waals surface area contributed by atoms with Crippen molar-refractivity contribution in [3.8, 4) is 0 Å². The minimum atomic E-state index is -0.381. The Morgan fingerprint density at radius 1 is 1.08 bits per heavy atom. The molecule has 6 heteroatoms. The summed E-state index contributed by atoms with van der Waals surface area (Å²) in [5, 5.41) is 6.41. The van der Waals surface area contributed by atoms with Crippen LogP contribution < -0.4 is 10.6 Å². The zero-order valence-electron chi connectivity index (χ0n) is 13.6. The van der Waals surface area contributed by atoms with Crippen molar-refractivity contribution in [2.75, 3.05) is 23.8 Å². The maximum atomic E-state index is 12.0. The van der Waals surface area contributed by atoms with Crippen LogP contribution in [0.1, 0.15) is 22.8 Å². The van der Waals surface area contributed by atoms with Crippen LogP contribution in [0.2, 0.25) is 5.02 Å². The van der Waals surface area contributed by atoms with Gasteiger partial charge in [-0.15, -0.1) is 0 Å². The van der Waals surface area contributed by atoms with E-state index in [4.69, 9.17) is 16.3 Å². The Kier molecular flexibility index (Phi) is 6.21. The van der Waals surface area contributed by atoms with Crippen molar-refractivity contribution in [3.05, 3.63) is 58.6 Å². The summed E-state index contributed by atoms with van der Waals surface area (Å²) in [6.07, 6.45) is 0. The summed E-state index contributed by atoms with van der Waals surface area (Å²) >= 11 is 6.04. The summed E-state index contributed by atoms with van der Waals surface area (Å²) in [7, 11) is 0. The van der Waals surface area contributed by atoms with E-state index in [0.717, 1.165) is 11.3 Å². The molecule has 0 unspecified atom stereocenters. The van der Waals surface area contributed by atoms with Crippen molar-refractivity contribution >= 4 is 34.9 Å². The maximum absolute atomic E-state index is 12.0. The van der Waals surface area contributed by atoms with Crippen LogP contribution in [0.3, 0.4) is 0 Å². The summed E-state index contributed by atoms with van der Waals surface area (Å²) in [6.45, 7) is 4.10. The Morgan fingerprint density at radius 2 is 1.75 bits per heavy atom. The first-order chi connectivity index (χ1) is 11.5. The lowest BCUT2D eigenvalue weighted by Gasteiger charge is -2.09. The molecule has 0 saturated heterocycles. The number of hydrogen-bond acceptors (Lipinski definition) is 4. The SMILES string of the molecule is CCOC(=O)c1ccc(NC(=O)CNc2ccc(C)c(Cl)c2)cc1. The molecule has 0 saturated carbocycles. The molecule has 0 aliphatic rings. The van der Waals surface area contributed by atoms with Crippen LogP contribution in [0.15, 0.2) is 42.5 Å². The molecule has 126 valence electrons. The Hall–Kier alpha value is -2.53. The number of anilines is 2. The topological polar surface area (TPSA) is 67.4 Å². The average molecular weight is 347 g/mol. The molecule has 2 rings (SSSR count). The van der Waals surface area contributed by atoms with Gasteiger partial charge in [0.05, 0.1) is 18.7 Å². The van der Waals surface area contributed by atoms with Crippen LogP contribution >= 0.6 is 11.6 Å². The van der Waals surface area contributed by atoms with E-state index in [1.54, 1.807) is 37.3 Å². The van der Waals surface area contributed by atoms with Gasteiger partial charge in [0.15, 0.2) is 0 Å². The summed E-state index contributed by atoms with van der Waals surface area (Å²) in [5.41, 5.74) is 2.81. The van der Waals surface area contributed by atoms with Crippen molar-refractivity contribution in [1.82, 2.24) is 0 Å². The fourth-order valence-corrected chi connectivity index (χ4v) is 2.17. The maximum Gasteiger partial charge on any atom is 0.338 e. The molecule has 0 aromatic heterocycles. The lowest BCUT2D eigenvalue weighted by Crippen LogP contribution is -2.21. The summed E-state index contributed by atoms with van der Waals surface area (Å²) in [6, 6.07) is 12.1. The van der Waals surface area contributed by atoms with Gasteiger partial charge in [0.1, 0.15) is 0 Å². The highest BCUT2D eigenvalue weighted by Crippen LogP contribution is 2.19. The van der Waals surface area contributed by atoms with Gasteiger partial charge in [-0.25, -0.2) is 4.79 Å². The number of ether oxygens (including phenoxy) is 1. The van der Waals surface area contributed by atoms with Gasteiger partial charge in [-0.2, -0.15) is 0 Å². The Labute approximate surface area is 146 Å². The third kappa shape index (κ3) is 4.99. The molecule has 5 nitrogen and oxygen atoms in total. The molecule has 2 N–H and O–H groups in total. The zero-order chi connectivity index (χ0) is 17.5. The molecular weight excluding hydrogens is 328 g/mol. The highest BCUT2D eigenvalue weighted by molar-refractivity contribution is 6.31. The molecule has 0 bridgehead atoms. The molecule has 0 spiro atoms. The number of amides is 1. The van der Waals surface area contributed by atoms with Gasteiger partial charge < -0.3 is 15.4 Å². The molecule has 0 heterocycles. The first-order valence-electron chi connectivity index (χ1n) is 7.56. The highest BCUT2D eigenvalue weighted by Gasteiger charge is 2.07. The van der Waals surface area contributed by atoms with E-state index in [2.05, 4.69) is 10.6 Å². The molecule has 0 aliphatic carbocycles. The molecule has 2 aromatic carbocycles. The van der Waals surface area contributed by atoms with Gasteiger partial charge in [-0.05, 0) is 55.8 Å². The smallest absolute Gasteiger partial charge is 0.338 e. The second kappa shape index (κ2) is 8.36. The molecule has 0 atom stereocenters. The third-order valence-electron chi connectivity index (χ3n) is 3.30. The number of aryl methyl sites for hydroxylation is 1. The predicted octanol–water partition coefficient (Wildman–Crippen LogP) is 3.88. The van der Waals surface area contributed by atoms with Crippen LogP contribution in [0, 0.1) is 6.92 Å². The number of esters is 1. The number of rotatable bonds is 6. The van der Waals surface area contributed by atoms with E-state index in [0.29, 0.717) is 22.9 Å². The fraction of sp³-hybridized carbons (Fsp3) is 0.222. The molecule has 0 radical (unpaired) electrons. The highest BCUT2D eigenvalue weighted by atomic mass is 35.5. The molecule has 0 fully saturated rings. The van der Waals surface area contributed by atoms with E-state index < -0.39 is 0 Å². The second-order valence-electron chi connectivity index (χ2n) is 5.16. The van der Waals surface area contributed by atoms with Crippen molar-refractivity contribution in [2.45, 2.75) is 13.8 Å². The summed E-state index contributed by atoms with van der Waals surface area (Å²) < 4.78 is 4.91. The third-order valence-corrected chi connectivity index (χ3v) is 3.71. The van der Waals surface area contributed by atoms with Gasteiger partial charge in [-0.3, -0.25) is 4.79 Å². The molecule has 24 heavy (non-hydrogen) atoms. The Bertz CT molecular complexity index is 730. The van der Waals surface area contributed by atoms with Crippen molar-refractivity contribution in [3.63, 3.8) is 0 Å². The van der Waals surface area contributed by atoms with Gasteiger partial charge in [0.25, 0.3) is 0 Å². The standard InChI is InChI=1S/C18H19ClN2O3/c1-3-24-18(23)13-5-8-14(9-6-13)21-17(22)11-20-15-7-4-12(2)16(19)10-15/h4-10,20H,3,11H2,1-2H3,(H,21,22). The van der Waals surface area contributed by atoms with Crippen LogP contribution in [0.5, 0.6) is 0 Å². The summed E-state index contributed by atoms with van der Waals surface area (Å²) in [4.78, 5) is 23.5. The first kappa shape index (κ1) is 17.8. The summed E-state index contributed by atoms with van der Waals surface area (Å²) in [5.74, 6) is -0.580. The zero-order valence-corrected chi connectivity index (χ0v) is 14.3. The number of halogens is 1. The predicted molar refractivity (Wildman–Crippen MR) is 95.7 cm³/mol. The molecule has 1 amide bonds. The van der Waals surface area contributed by atoms with E-state index in [9.17, 15) is 9.59 Å². The number of carbonyl (C=O) groups is 2. The van der Waals surface area contributed by atoms with Gasteiger partial charge in [-0.1, -0.05) is 17.7 Å². The lowest BCUT2D eigenvalue weighted by molar-refractivity contribution is -0.114. The minimum absolute atomic E-state index is 0.110. The Balaban J connectivity index is 1.87. The van der Waals surface area contributed by atoms with Crippen molar-refractivity contribution in [2.24, 2.45) is 0 Å². The first-order valence-corrected chi connectivity index (χ1v) is 7.94. The number of nitrogens with one attached hydrogen (secondary N) is 2. The van der Waals surface area contributed by atoms with Crippen molar-refractivity contribution < 1.29 is 14.3 Å². The van der Waals surface area contributed by atoms with E-state index >= 15 is 0 Å². The lowest BCUT2D eigenvalue weighted by atomic mass is 10.2. The Morgan fingerprint density at radius 3 is 2.38 bits per heavy atom. The largest absolute Gasteiger partial charge is 0.462 e. The molecule has 2 aromatic rings. The molecule has 0 aliphatic heterocycles. The quantitative estimate of drug-likeness (QED) is 0.779. The van der Waals surface area contributed by atoms with E-state index in [1.807, 2.05) is 19.1 Å². The van der Waals surface area contributed by atoms with Crippen LogP contribution in [-0.2, 0) is 9.53 Å². The van der Waals surface area contributed by atoms with Crippen LogP contribution in [0.4, 0.5) is 11.4 Å². The van der Waals surface area contributed by atoms with Crippen LogP contribution in [-0.4, -0.2) is 25.0 Å². The average Bonchev–Trinajstić information content (AvgIpc) is 2.57. The monoisotopic (exact) mass is 346 g/mol. The number of benzene rings is 2. The number of hydrogen-bond donors (Lipinski definition) is 2. The van der Waals surface area contributed by atoms with Gasteiger partial charge in [0.2, 0.25) is 5.91 Å². The minimum Gasteiger partial charge on any atom is -0.462 e.